The highest BCUT2D eigenvalue weighted by Crippen LogP contribution is 2.30. The monoisotopic (exact) mass is 259 g/mol. The molecule has 3 rings (SSSR count). The number of hydrogen-bond acceptors (Lipinski definition) is 5. The van der Waals surface area contributed by atoms with Crippen molar-refractivity contribution in [1.29, 1.82) is 0 Å². The highest BCUT2D eigenvalue weighted by molar-refractivity contribution is 7.18. The first-order chi connectivity index (χ1) is 8.78. The first kappa shape index (κ1) is 11.2. The van der Waals surface area contributed by atoms with Gasteiger partial charge in [0, 0.05) is 12.7 Å². The standard InChI is InChI=1S/C12H13N5S/c1-3-17-5-9(4-15-17)16-12-11-10(13-7-14-12)8(2)6-18-11/h4-7H,3H2,1-2H3,(H,13,14,16). The number of nitrogens with one attached hydrogen (secondary N) is 1. The van der Waals surface area contributed by atoms with Gasteiger partial charge in [0.25, 0.3) is 0 Å². The third kappa shape index (κ3) is 1.84. The molecule has 0 atom stereocenters. The van der Waals surface area contributed by atoms with Crippen molar-refractivity contribution in [3.8, 4) is 0 Å². The second-order valence-electron chi connectivity index (χ2n) is 4.03. The minimum Gasteiger partial charge on any atom is -0.336 e. The van der Waals surface area contributed by atoms with Crippen LogP contribution in [0.5, 0.6) is 0 Å². The number of anilines is 2. The predicted molar refractivity (Wildman–Crippen MR) is 73.3 cm³/mol. The Balaban J connectivity index is 1.99. The van der Waals surface area contributed by atoms with E-state index in [9.17, 15) is 0 Å². The summed E-state index contributed by atoms with van der Waals surface area (Å²) >= 11 is 1.66. The summed E-state index contributed by atoms with van der Waals surface area (Å²) < 4.78 is 2.96. The van der Waals surface area contributed by atoms with Crippen molar-refractivity contribution in [3.63, 3.8) is 0 Å². The maximum absolute atomic E-state index is 4.30. The van der Waals surface area contributed by atoms with Crippen LogP contribution in [-0.4, -0.2) is 19.7 Å². The third-order valence-electron chi connectivity index (χ3n) is 2.75. The van der Waals surface area contributed by atoms with Crippen LogP contribution in [-0.2, 0) is 6.54 Å². The van der Waals surface area contributed by atoms with Crippen LogP contribution in [0.2, 0.25) is 0 Å². The first-order valence-corrected chi connectivity index (χ1v) is 6.64. The number of rotatable bonds is 3. The summed E-state index contributed by atoms with van der Waals surface area (Å²) in [5, 5.41) is 9.62. The van der Waals surface area contributed by atoms with Crippen LogP contribution in [0.15, 0.2) is 24.1 Å². The van der Waals surface area contributed by atoms with Crippen molar-refractivity contribution in [2.45, 2.75) is 20.4 Å². The van der Waals surface area contributed by atoms with Crippen LogP contribution in [0.3, 0.4) is 0 Å². The molecule has 0 saturated heterocycles. The zero-order valence-corrected chi connectivity index (χ0v) is 11.0. The summed E-state index contributed by atoms with van der Waals surface area (Å²) in [5.74, 6) is 0.841. The number of aryl methyl sites for hydroxylation is 2. The predicted octanol–water partition coefficient (Wildman–Crippen LogP) is 2.96. The molecule has 0 aromatic carbocycles. The van der Waals surface area contributed by atoms with Gasteiger partial charge in [-0.25, -0.2) is 9.97 Å². The highest BCUT2D eigenvalue weighted by Gasteiger charge is 2.08. The van der Waals surface area contributed by atoms with Gasteiger partial charge >= 0.3 is 0 Å². The van der Waals surface area contributed by atoms with Gasteiger partial charge in [0.05, 0.1) is 22.1 Å². The van der Waals surface area contributed by atoms with E-state index in [1.807, 2.05) is 10.9 Å². The van der Waals surface area contributed by atoms with Gasteiger partial charge in [-0.3, -0.25) is 4.68 Å². The number of thiophene rings is 1. The number of hydrogen-bond donors (Lipinski definition) is 1. The fourth-order valence-electron chi connectivity index (χ4n) is 1.80. The fourth-order valence-corrected chi connectivity index (χ4v) is 2.74. The lowest BCUT2D eigenvalue weighted by molar-refractivity contribution is 0.660. The van der Waals surface area contributed by atoms with Gasteiger partial charge in [0.2, 0.25) is 0 Å². The molecule has 0 radical (unpaired) electrons. The molecule has 3 heterocycles. The van der Waals surface area contributed by atoms with E-state index in [0.717, 1.165) is 28.3 Å². The van der Waals surface area contributed by atoms with Crippen molar-refractivity contribution in [2.24, 2.45) is 0 Å². The Morgan fingerprint density at radius 2 is 2.28 bits per heavy atom. The van der Waals surface area contributed by atoms with E-state index < -0.39 is 0 Å². The largest absolute Gasteiger partial charge is 0.336 e. The van der Waals surface area contributed by atoms with E-state index in [2.05, 4.69) is 39.6 Å². The summed E-state index contributed by atoms with van der Waals surface area (Å²) in [6.45, 7) is 4.98. The van der Waals surface area contributed by atoms with E-state index in [0.29, 0.717) is 0 Å². The lowest BCUT2D eigenvalue weighted by atomic mass is 10.3. The Bertz CT molecular complexity index is 685. The Morgan fingerprint density at radius 3 is 3.06 bits per heavy atom. The maximum atomic E-state index is 4.30. The number of aromatic nitrogens is 4. The summed E-state index contributed by atoms with van der Waals surface area (Å²) in [6, 6.07) is 0. The normalized spacial score (nSPS) is 11.0. The Hall–Kier alpha value is -1.95. The van der Waals surface area contributed by atoms with Crippen LogP contribution in [0.25, 0.3) is 10.2 Å². The molecule has 0 spiro atoms. The summed E-state index contributed by atoms with van der Waals surface area (Å²) in [5.41, 5.74) is 3.15. The fraction of sp³-hybridized carbons (Fsp3) is 0.250. The average Bonchev–Trinajstić information content (AvgIpc) is 2.98. The molecule has 3 aromatic rings. The second kappa shape index (κ2) is 4.38. The molecule has 3 aromatic heterocycles. The van der Waals surface area contributed by atoms with Crippen LogP contribution in [0, 0.1) is 6.92 Å². The molecule has 18 heavy (non-hydrogen) atoms. The molecule has 5 nitrogen and oxygen atoms in total. The van der Waals surface area contributed by atoms with Crippen LogP contribution < -0.4 is 5.32 Å². The summed E-state index contributed by atoms with van der Waals surface area (Å²) in [4.78, 5) is 8.60. The molecule has 0 bridgehead atoms. The quantitative estimate of drug-likeness (QED) is 0.785. The molecule has 0 aliphatic rings. The molecule has 0 fully saturated rings. The average molecular weight is 259 g/mol. The number of fused-ring (bicyclic) bond motifs is 1. The SMILES string of the molecule is CCn1cc(Nc2ncnc3c(C)csc23)cn1. The van der Waals surface area contributed by atoms with Gasteiger partial charge in [-0.2, -0.15) is 5.10 Å². The van der Waals surface area contributed by atoms with Crippen molar-refractivity contribution in [2.75, 3.05) is 5.32 Å². The molecule has 1 N–H and O–H groups in total. The first-order valence-electron chi connectivity index (χ1n) is 5.76. The molecular formula is C12H13N5S. The van der Waals surface area contributed by atoms with Gasteiger partial charge in [-0.05, 0) is 24.8 Å². The lowest BCUT2D eigenvalue weighted by Crippen LogP contribution is -1.94. The molecule has 0 aliphatic carbocycles. The Labute approximate surface area is 109 Å². The maximum Gasteiger partial charge on any atom is 0.151 e. The number of nitrogens with zero attached hydrogens (tertiary/aromatic N) is 4. The molecular weight excluding hydrogens is 246 g/mol. The van der Waals surface area contributed by atoms with Crippen molar-refractivity contribution in [1.82, 2.24) is 19.7 Å². The van der Waals surface area contributed by atoms with Gasteiger partial charge in [-0.15, -0.1) is 11.3 Å². The highest BCUT2D eigenvalue weighted by atomic mass is 32.1. The lowest BCUT2D eigenvalue weighted by Gasteiger charge is -2.02. The smallest absolute Gasteiger partial charge is 0.151 e. The van der Waals surface area contributed by atoms with Crippen molar-refractivity contribution < 1.29 is 0 Å². The van der Waals surface area contributed by atoms with E-state index in [-0.39, 0.29) is 0 Å². The molecule has 6 heteroatoms. The third-order valence-corrected chi connectivity index (χ3v) is 3.84. The summed E-state index contributed by atoms with van der Waals surface area (Å²) in [7, 11) is 0. The molecule has 92 valence electrons. The minimum absolute atomic E-state index is 0.841. The zero-order valence-electron chi connectivity index (χ0n) is 10.2. The van der Waals surface area contributed by atoms with Gasteiger partial charge in [-0.1, -0.05) is 0 Å². The van der Waals surface area contributed by atoms with Crippen molar-refractivity contribution in [3.05, 3.63) is 29.7 Å². The molecule has 0 saturated carbocycles. The van der Waals surface area contributed by atoms with Gasteiger partial charge in [0.1, 0.15) is 6.33 Å². The van der Waals surface area contributed by atoms with Gasteiger partial charge < -0.3 is 5.32 Å². The molecule has 0 unspecified atom stereocenters. The molecule has 0 amide bonds. The van der Waals surface area contributed by atoms with E-state index in [1.165, 1.54) is 5.56 Å². The molecule has 0 aliphatic heterocycles. The van der Waals surface area contributed by atoms with E-state index in [1.54, 1.807) is 23.9 Å². The Kier molecular flexibility index (Phi) is 2.71. The van der Waals surface area contributed by atoms with Gasteiger partial charge in [0.15, 0.2) is 5.82 Å². The Morgan fingerprint density at radius 1 is 1.39 bits per heavy atom. The topological polar surface area (TPSA) is 55.6 Å². The second-order valence-corrected chi connectivity index (χ2v) is 4.91. The van der Waals surface area contributed by atoms with Crippen molar-refractivity contribution >= 4 is 33.1 Å². The zero-order chi connectivity index (χ0) is 12.5. The van der Waals surface area contributed by atoms with E-state index in [4.69, 9.17) is 0 Å². The van der Waals surface area contributed by atoms with Crippen LogP contribution in [0.4, 0.5) is 11.5 Å². The minimum atomic E-state index is 0.841. The van der Waals surface area contributed by atoms with E-state index >= 15 is 0 Å². The van der Waals surface area contributed by atoms with Crippen LogP contribution >= 0.6 is 11.3 Å². The summed E-state index contributed by atoms with van der Waals surface area (Å²) in [6.07, 6.45) is 5.36. The van der Waals surface area contributed by atoms with Crippen LogP contribution in [0.1, 0.15) is 12.5 Å².